The third-order valence-corrected chi connectivity index (χ3v) is 3.27. The second-order valence-electron chi connectivity index (χ2n) is 4.54. The number of nitrogens with zero attached hydrogens (tertiary/aromatic N) is 3. The number of morpholine rings is 1. The first-order valence-electron chi connectivity index (χ1n) is 6.30. The number of aromatic nitrogens is 2. The van der Waals surface area contributed by atoms with Crippen molar-refractivity contribution in [2.45, 2.75) is 20.0 Å². The second kappa shape index (κ2) is 5.50. The standard InChI is InChI=1S/C12H19N5O2/c1-3-17-4-5-19-8(6-17)12-15-7(2)9(11(14)18)10(13)16-12/h8H,3-6H2,1-2H3,(H2,14,18)(H2,13,15,16). The van der Waals surface area contributed by atoms with E-state index in [2.05, 4.69) is 21.8 Å². The number of amides is 1. The number of anilines is 1. The van der Waals surface area contributed by atoms with Crippen molar-refractivity contribution in [3.63, 3.8) is 0 Å². The molecule has 1 unspecified atom stereocenters. The number of carbonyl (C=O) groups is 1. The van der Waals surface area contributed by atoms with Gasteiger partial charge in [-0.15, -0.1) is 0 Å². The molecule has 0 bridgehead atoms. The molecule has 7 heteroatoms. The first-order valence-corrected chi connectivity index (χ1v) is 6.30. The fraction of sp³-hybridized carbons (Fsp3) is 0.583. The molecule has 0 aromatic carbocycles. The molecule has 7 nitrogen and oxygen atoms in total. The van der Waals surface area contributed by atoms with E-state index in [-0.39, 0.29) is 17.5 Å². The van der Waals surface area contributed by atoms with Crippen molar-refractivity contribution < 1.29 is 9.53 Å². The number of likely N-dealkylation sites (N-methyl/N-ethyl adjacent to an activating group) is 1. The fourth-order valence-electron chi connectivity index (χ4n) is 2.21. The molecular formula is C12H19N5O2. The largest absolute Gasteiger partial charge is 0.383 e. The molecule has 0 radical (unpaired) electrons. The van der Waals surface area contributed by atoms with Crippen LogP contribution >= 0.6 is 0 Å². The van der Waals surface area contributed by atoms with Crippen LogP contribution in [0.4, 0.5) is 5.82 Å². The van der Waals surface area contributed by atoms with Crippen molar-refractivity contribution in [2.24, 2.45) is 5.73 Å². The number of ether oxygens (including phenoxy) is 1. The molecule has 1 aromatic rings. The van der Waals surface area contributed by atoms with Gasteiger partial charge in [-0.3, -0.25) is 9.69 Å². The number of rotatable bonds is 3. The van der Waals surface area contributed by atoms with Crippen LogP contribution in [-0.2, 0) is 4.74 Å². The smallest absolute Gasteiger partial charge is 0.254 e. The Balaban J connectivity index is 2.28. The average molecular weight is 265 g/mol. The van der Waals surface area contributed by atoms with Crippen molar-refractivity contribution in [1.29, 1.82) is 0 Å². The number of aryl methyl sites for hydroxylation is 1. The average Bonchev–Trinajstić information content (AvgIpc) is 2.37. The Bertz CT molecular complexity index is 468. The molecular weight excluding hydrogens is 246 g/mol. The molecule has 2 rings (SSSR count). The molecule has 0 aliphatic carbocycles. The molecule has 1 atom stereocenters. The van der Waals surface area contributed by atoms with Gasteiger partial charge in [-0.1, -0.05) is 6.92 Å². The zero-order chi connectivity index (χ0) is 14.0. The predicted octanol–water partition coefficient (Wildman–Crippen LogP) is -0.141. The number of carbonyl (C=O) groups excluding carboxylic acids is 1. The maximum atomic E-state index is 11.3. The molecule has 1 fully saturated rings. The van der Waals surface area contributed by atoms with Crippen molar-refractivity contribution in [1.82, 2.24) is 14.9 Å². The maximum absolute atomic E-state index is 11.3. The van der Waals surface area contributed by atoms with E-state index in [1.807, 2.05) is 0 Å². The van der Waals surface area contributed by atoms with Crippen LogP contribution in [0.5, 0.6) is 0 Å². The van der Waals surface area contributed by atoms with Gasteiger partial charge in [-0.25, -0.2) is 9.97 Å². The van der Waals surface area contributed by atoms with Crippen LogP contribution < -0.4 is 11.5 Å². The van der Waals surface area contributed by atoms with Gasteiger partial charge in [0.15, 0.2) is 5.82 Å². The summed E-state index contributed by atoms with van der Waals surface area (Å²) in [6, 6.07) is 0. The number of hydrogen-bond acceptors (Lipinski definition) is 6. The molecule has 1 aromatic heterocycles. The van der Waals surface area contributed by atoms with E-state index in [4.69, 9.17) is 16.2 Å². The minimum Gasteiger partial charge on any atom is -0.383 e. The zero-order valence-corrected chi connectivity index (χ0v) is 11.2. The van der Waals surface area contributed by atoms with Gasteiger partial charge in [0.25, 0.3) is 5.91 Å². The third-order valence-electron chi connectivity index (χ3n) is 3.27. The lowest BCUT2D eigenvalue weighted by atomic mass is 10.2. The summed E-state index contributed by atoms with van der Waals surface area (Å²) < 4.78 is 5.67. The zero-order valence-electron chi connectivity index (χ0n) is 11.2. The van der Waals surface area contributed by atoms with E-state index in [9.17, 15) is 4.79 Å². The first-order chi connectivity index (χ1) is 9.02. The van der Waals surface area contributed by atoms with Crippen LogP contribution in [0.1, 0.15) is 34.9 Å². The van der Waals surface area contributed by atoms with Crippen LogP contribution in [-0.4, -0.2) is 47.0 Å². The SMILES string of the molecule is CCN1CCOC(c2nc(C)c(C(N)=O)c(N)n2)C1. The van der Waals surface area contributed by atoms with Crippen molar-refractivity contribution in [3.05, 3.63) is 17.1 Å². The lowest BCUT2D eigenvalue weighted by Crippen LogP contribution is -2.38. The molecule has 1 amide bonds. The summed E-state index contributed by atoms with van der Waals surface area (Å²) in [6.45, 7) is 7.01. The highest BCUT2D eigenvalue weighted by atomic mass is 16.5. The van der Waals surface area contributed by atoms with Gasteiger partial charge in [0.1, 0.15) is 17.5 Å². The number of nitrogen functional groups attached to an aromatic ring is 1. The van der Waals surface area contributed by atoms with Crippen molar-refractivity contribution in [2.75, 3.05) is 32.0 Å². The van der Waals surface area contributed by atoms with E-state index < -0.39 is 5.91 Å². The maximum Gasteiger partial charge on any atom is 0.254 e. The highest BCUT2D eigenvalue weighted by molar-refractivity contribution is 5.98. The Labute approximate surface area is 111 Å². The van der Waals surface area contributed by atoms with Crippen molar-refractivity contribution >= 4 is 11.7 Å². The normalized spacial score (nSPS) is 20.4. The van der Waals surface area contributed by atoms with E-state index in [0.29, 0.717) is 18.1 Å². The Morgan fingerprint density at radius 1 is 1.53 bits per heavy atom. The lowest BCUT2D eigenvalue weighted by molar-refractivity contribution is -0.0325. The molecule has 19 heavy (non-hydrogen) atoms. The van der Waals surface area contributed by atoms with E-state index >= 15 is 0 Å². The van der Waals surface area contributed by atoms with Gasteiger partial charge in [0, 0.05) is 13.1 Å². The second-order valence-corrected chi connectivity index (χ2v) is 4.54. The minimum absolute atomic E-state index is 0.118. The van der Waals surface area contributed by atoms with Gasteiger partial charge in [0.2, 0.25) is 0 Å². The van der Waals surface area contributed by atoms with E-state index in [0.717, 1.165) is 19.6 Å². The van der Waals surface area contributed by atoms with Crippen LogP contribution in [0.3, 0.4) is 0 Å². The summed E-state index contributed by atoms with van der Waals surface area (Å²) in [5, 5.41) is 0. The molecule has 104 valence electrons. The number of hydrogen-bond donors (Lipinski definition) is 2. The molecule has 1 aliphatic rings. The fourth-order valence-corrected chi connectivity index (χ4v) is 2.21. The van der Waals surface area contributed by atoms with Gasteiger partial charge in [-0.05, 0) is 13.5 Å². The summed E-state index contributed by atoms with van der Waals surface area (Å²) in [5.41, 5.74) is 11.7. The Morgan fingerprint density at radius 3 is 2.84 bits per heavy atom. The van der Waals surface area contributed by atoms with Crippen LogP contribution in [0, 0.1) is 6.92 Å². The lowest BCUT2D eigenvalue weighted by Gasteiger charge is -2.31. The number of primary amides is 1. The number of nitrogens with two attached hydrogens (primary N) is 2. The van der Waals surface area contributed by atoms with Gasteiger partial charge >= 0.3 is 0 Å². The topological polar surface area (TPSA) is 107 Å². The highest BCUT2D eigenvalue weighted by Gasteiger charge is 2.25. The summed E-state index contributed by atoms with van der Waals surface area (Å²) >= 11 is 0. The Morgan fingerprint density at radius 2 is 2.26 bits per heavy atom. The molecule has 4 N–H and O–H groups in total. The predicted molar refractivity (Wildman–Crippen MR) is 70.5 cm³/mol. The summed E-state index contributed by atoms with van der Waals surface area (Å²) in [4.78, 5) is 22.0. The van der Waals surface area contributed by atoms with Crippen LogP contribution in [0.25, 0.3) is 0 Å². The molecule has 0 saturated carbocycles. The van der Waals surface area contributed by atoms with E-state index in [1.54, 1.807) is 6.92 Å². The molecule has 1 aliphatic heterocycles. The summed E-state index contributed by atoms with van der Waals surface area (Å²) in [5.74, 6) is 0.0201. The van der Waals surface area contributed by atoms with Crippen LogP contribution in [0.15, 0.2) is 0 Å². The molecule has 1 saturated heterocycles. The highest BCUT2D eigenvalue weighted by Crippen LogP contribution is 2.22. The first kappa shape index (κ1) is 13.7. The third kappa shape index (κ3) is 2.82. The van der Waals surface area contributed by atoms with Gasteiger partial charge in [-0.2, -0.15) is 0 Å². The monoisotopic (exact) mass is 265 g/mol. The Kier molecular flexibility index (Phi) is 3.96. The quantitative estimate of drug-likeness (QED) is 0.787. The molecule has 2 heterocycles. The van der Waals surface area contributed by atoms with Crippen molar-refractivity contribution in [3.8, 4) is 0 Å². The summed E-state index contributed by atoms with van der Waals surface area (Å²) in [7, 11) is 0. The minimum atomic E-state index is -0.610. The van der Waals surface area contributed by atoms with E-state index in [1.165, 1.54) is 0 Å². The molecule has 0 spiro atoms. The Hall–Kier alpha value is -1.73. The van der Waals surface area contributed by atoms with Gasteiger partial charge in [0.05, 0.1) is 12.3 Å². The summed E-state index contributed by atoms with van der Waals surface area (Å²) in [6.07, 6.45) is -0.211. The van der Waals surface area contributed by atoms with Gasteiger partial charge < -0.3 is 16.2 Å². The van der Waals surface area contributed by atoms with Crippen LogP contribution in [0.2, 0.25) is 0 Å².